The number of aliphatic hydroxyl groups excluding tert-OH is 4. The van der Waals surface area contributed by atoms with E-state index in [1.807, 2.05) is 0 Å². The number of alkyl halides is 1. The lowest BCUT2D eigenvalue weighted by molar-refractivity contribution is -0.314. The first kappa shape index (κ1) is 30.5. The molecule has 4 aliphatic rings. The molecule has 3 heterocycles. The number of carboxylic acids is 1. The molecule has 1 aromatic carbocycles. The summed E-state index contributed by atoms with van der Waals surface area (Å²) in [7, 11) is 0. The Balaban J connectivity index is 1.23. The molecule has 0 spiro atoms. The number of hydrogen-bond donors (Lipinski definition) is 6. The van der Waals surface area contributed by atoms with E-state index in [1.54, 1.807) is 0 Å². The van der Waals surface area contributed by atoms with E-state index in [4.69, 9.17) is 18.9 Å². The van der Waals surface area contributed by atoms with Gasteiger partial charge in [0.25, 0.3) is 0 Å². The molecule has 11 nitrogen and oxygen atoms in total. The van der Waals surface area contributed by atoms with Crippen LogP contribution in [-0.4, -0.2) is 112 Å². The Labute approximate surface area is 236 Å². The van der Waals surface area contributed by atoms with Crippen LogP contribution in [0.3, 0.4) is 0 Å². The van der Waals surface area contributed by atoms with Crippen molar-refractivity contribution >= 4 is 5.97 Å². The summed E-state index contributed by atoms with van der Waals surface area (Å²) < 4.78 is 51.0. The van der Waals surface area contributed by atoms with Crippen LogP contribution in [0.2, 0.25) is 0 Å². The van der Waals surface area contributed by atoms with E-state index in [9.17, 15) is 39.1 Å². The molecule has 2 saturated heterocycles. The maximum atomic E-state index is 14.0. The lowest BCUT2D eigenvalue weighted by Crippen LogP contribution is -2.62. The predicted molar refractivity (Wildman–Crippen MR) is 137 cm³/mol. The summed E-state index contributed by atoms with van der Waals surface area (Å²) in [6.07, 6.45) is -8.96. The van der Waals surface area contributed by atoms with Crippen LogP contribution in [0.15, 0.2) is 18.2 Å². The molecule has 5 rings (SSSR count). The van der Waals surface area contributed by atoms with Crippen LogP contribution in [0.1, 0.15) is 44.1 Å². The highest BCUT2D eigenvalue weighted by Gasteiger charge is 2.49. The molecule has 0 radical (unpaired) electrons. The number of fused-ring (bicyclic) bond motifs is 2. The summed E-state index contributed by atoms with van der Waals surface area (Å²) in [5.41, 5.74) is 0.738. The fourth-order valence-corrected chi connectivity index (χ4v) is 6.36. The fourth-order valence-electron chi connectivity index (χ4n) is 6.36. The number of aliphatic carboxylic acids is 1. The van der Waals surface area contributed by atoms with Gasteiger partial charge in [0.15, 0.2) is 12.4 Å². The van der Waals surface area contributed by atoms with Gasteiger partial charge in [-0.2, -0.15) is 0 Å². The molecular formula is C28H39F2NO10. The van der Waals surface area contributed by atoms with E-state index in [1.165, 1.54) is 18.2 Å². The van der Waals surface area contributed by atoms with Crippen molar-refractivity contribution in [2.75, 3.05) is 13.1 Å². The van der Waals surface area contributed by atoms with Crippen molar-refractivity contribution in [3.63, 3.8) is 0 Å². The summed E-state index contributed by atoms with van der Waals surface area (Å²) in [5.74, 6) is -1.27. The second-order valence-corrected chi connectivity index (χ2v) is 11.5. The van der Waals surface area contributed by atoms with E-state index in [-0.39, 0.29) is 30.9 Å². The Bertz CT molecular complexity index is 1050. The molecule has 6 N–H and O–H groups in total. The van der Waals surface area contributed by atoms with Gasteiger partial charge in [-0.15, -0.1) is 0 Å². The standard InChI is InChI=1S/C28H39F2NO10/c29-15-3-7-18-13(9-15)1-5-20(38-18)17(32)11-31-12-22(21-6-2-14-10-16(30)4-8-19(14)39-21)40-28-25(35)23(33)24(34)26(41-28)27(36)37/h3,7,9,14,16-17,19-26,28,31-35H,1-2,4-6,8,10-12H2,(H,36,37). The number of hydrogen-bond acceptors (Lipinski definition) is 10. The van der Waals surface area contributed by atoms with Crippen molar-refractivity contribution in [2.24, 2.45) is 5.92 Å². The number of benzene rings is 1. The molecule has 230 valence electrons. The minimum Gasteiger partial charge on any atom is -0.487 e. The topological polar surface area (TPSA) is 167 Å². The monoisotopic (exact) mass is 587 g/mol. The molecule has 0 amide bonds. The first-order valence-electron chi connectivity index (χ1n) is 14.3. The highest BCUT2D eigenvalue weighted by molar-refractivity contribution is 5.73. The molecule has 3 fully saturated rings. The van der Waals surface area contributed by atoms with E-state index in [2.05, 4.69) is 5.32 Å². The fraction of sp³-hybridized carbons (Fsp3) is 0.750. The first-order valence-corrected chi connectivity index (χ1v) is 14.3. The van der Waals surface area contributed by atoms with Gasteiger partial charge in [-0.1, -0.05) is 0 Å². The van der Waals surface area contributed by atoms with Crippen molar-refractivity contribution in [1.29, 1.82) is 0 Å². The van der Waals surface area contributed by atoms with E-state index in [0.717, 1.165) is 5.56 Å². The van der Waals surface area contributed by atoms with Gasteiger partial charge in [0.2, 0.25) is 0 Å². The molecule has 0 aromatic heterocycles. The third-order valence-electron chi connectivity index (χ3n) is 8.68. The maximum Gasteiger partial charge on any atom is 0.335 e. The molecule has 1 aliphatic carbocycles. The normalized spacial score (nSPS) is 38.7. The molecule has 13 heteroatoms. The number of rotatable bonds is 9. The van der Waals surface area contributed by atoms with Crippen LogP contribution in [0.4, 0.5) is 8.78 Å². The summed E-state index contributed by atoms with van der Waals surface area (Å²) in [4.78, 5) is 11.6. The highest BCUT2D eigenvalue weighted by atomic mass is 19.1. The maximum absolute atomic E-state index is 14.0. The van der Waals surface area contributed by atoms with Crippen LogP contribution in [0, 0.1) is 11.7 Å². The van der Waals surface area contributed by atoms with Gasteiger partial charge in [-0.05, 0) is 74.6 Å². The number of halogens is 2. The van der Waals surface area contributed by atoms with Crippen LogP contribution in [0.5, 0.6) is 5.75 Å². The second-order valence-electron chi connectivity index (χ2n) is 11.5. The molecule has 1 aromatic rings. The Morgan fingerprint density at radius 3 is 2.61 bits per heavy atom. The number of ether oxygens (including phenoxy) is 4. The average Bonchev–Trinajstić information content (AvgIpc) is 2.95. The molecule has 12 unspecified atom stereocenters. The van der Waals surface area contributed by atoms with E-state index >= 15 is 0 Å². The van der Waals surface area contributed by atoms with Crippen molar-refractivity contribution in [3.8, 4) is 5.75 Å². The molecule has 3 aliphatic heterocycles. The molecule has 1 saturated carbocycles. The highest BCUT2D eigenvalue weighted by Crippen LogP contribution is 2.38. The smallest absolute Gasteiger partial charge is 0.335 e. The third kappa shape index (κ3) is 6.99. The molecular weight excluding hydrogens is 548 g/mol. The number of carboxylic acid groups (broad SMARTS) is 1. The number of aliphatic hydroxyl groups is 4. The third-order valence-corrected chi connectivity index (χ3v) is 8.68. The lowest BCUT2D eigenvalue weighted by Gasteiger charge is -2.45. The number of carbonyl (C=O) groups is 1. The van der Waals surface area contributed by atoms with Crippen LogP contribution in [-0.2, 0) is 25.4 Å². The second kappa shape index (κ2) is 13.1. The predicted octanol–water partition coefficient (Wildman–Crippen LogP) is 0.433. The Kier molecular flexibility index (Phi) is 9.76. The summed E-state index contributed by atoms with van der Waals surface area (Å²) in [6.45, 7) is 0.193. The summed E-state index contributed by atoms with van der Waals surface area (Å²) >= 11 is 0. The molecule has 0 bridgehead atoms. The zero-order valence-electron chi connectivity index (χ0n) is 22.6. The molecule has 12 atom stereocenters. The van der Waals surface area contributed by atoms with Gasteiger partial charge < -0.3 is 49.8 Å². The van der Waals surface area contributed by atoms with Gasteiger partial charge >= 0.3 is 5.97 Å². The van der Waals surface area contributed by atoms with Crippen molar-refractivity contribution in [2.45, 2.75) is 112 Å². The first-order chi connectivity index (χ1) is 19.6. The SMILES string of the molecule is O=C(O)C1OC(OC(CNCC(O)C2CCc3cc(F)ccc3O2)C2CCC3CC(F)CCC3O2)C(O)C(O)C1O. The van der Waals surface area contributed by atoms with Gasteiger partial charge in [-0.25, -0.2) is 13.6 Å². The summed E-state index contributed by atoms with van der Waals surface area (Å²) in [5, 5.41) is 54.1. The van der Waals surface area contributed by atoms with Crippen LogP contribution < -0.4 is 10.1 Å². The summed E-state index contributed by atoms with van der Waals surface area (Å²) in [6, 6.07) is 4.25. The van der Waals surface area contributed by atoms with E-state index < -0.39 is 67.3 Å². The number of nitrogens with one attached hydrogen (secondary N) is 1. The van der Waals surface area contributed by atoms with Crippen molar-refractivity contribution in [3.05, 3.63) is 29.6 Å². The quantitative estimate of drug-likeness (QED) is 0.237. The lowest BCUT2D eigenvalue weighted by atomic mass is 9.79. The van der Waals surface area contributed by atoms with Crippen molar-refractivity contribution < 1.29 is 58.1 Å². The zero-order chi connectivity index (χ0) is 29.3. The number of aryl methyl sites for hydroxylation is 1. The van der Waals surface area contributed by atoms with Gasteiger partial charge in [0.05, 0.1) is 18.3 Å². The minimum absolute atomic E-state index is 0.0788. The Morgan fingerprint density at radius 2 is 1.83 bits per heavy atom. The Hall–Kier alpha value is -1.97. The van der Waals surface area contributed by atoms with Crippen LogP contribution >= 0.6 is 0 Å². The average molecular weight is 588 g/mol. The van der Waals surface area contributed by atoms with Gasteiger partial charge in [0.1, 0.15) is 48.3 Å². The Morgan fingerprint density at radius 1 is 1.02 bits per heavy atom. The largest absolute Gasteiger partial charge is 0.487 e. The van der Waals surface area contributed by atoms with Crippen molar-refractivity contribution in [1.82, 2.24) is 5.32 Å². The minimum atomic E-state index is -1.85. The molecule has 41 heavy (non-hydrogen) atoms. The zero-order valence-corrected chi connectivity index (χ0v) is 22.6. The van der Waals surface area contributed by atoms with E-state index in [0.29, 0.717) is 50.7 Å². The van der Waals surface area contributed by atoms with Gasteiger partial charge in [-0.3, -0.25) is 0 Å². The van der Waals surface area contributed by atoms with Crippen LogP contribution in [0.25, 0.3) is 0 Å². The van der Waals surface area contributed by atoms with Gasteiger partial charge in [0, 0.05) is 13.1 Å².